The molecular formula is C14H19NO3. The van der Waals surface area contributed by atoms with Gasteiger partial charge in [0.15, 0.2) is 0 Å². The molecule has 1 N–H and O–H groups in total. The van der Waals surface area contributed by atoms with Gasteiger partial charge in [0, 0.05) is 26.2 Å². The Labute approximate surface area is 107 Å². The van der Waals surface area contributed by atoms with E-state index in [1.54, 1.807) is 12.1 Å². The molecular weight excluding hydrogens is 230 g/mol. The fraction of sp³-hybridized carbons (Fsp3) is 0.500. The van der Waals surface area contributed by atoms with E-state index in [-0.39, 0.29) is 5.60 Å². The first-order valence-corrected chi connectivity index (χ1v) is 6.21. The second-order valence-electron chi connectivity index (χ2n) is 5.03. The maximum Gasteiger partial charge on any atom is 0.335 e. The van der Waals surface area contributed by atoms with Gasteiger partial charge in [0.2, 0.25) is 0 Å². The highest BCUT2D eigenvalue weighted by Crippen LogP contribution is 2.26. The lowest BCUT2D eigenvalue weighted by molar-refractivity contribution is -0.131. The molecule has 2 rings (SSSR count). The largest absolute Gasteiger partial charge is 0.478 e. The molecule has 1 aliphatic heterocycles. The van der Waals surface area contributed by atoms with Crippen molar-refractivity contribution in [1.82, 2.24) is 4.90 Å². The first-order chi connectivity index (χ1) is 8.52. The van der Waals surface area contributed by atoms with Crippen LogP contribution in [0.5, 0.6) is 0 Å². The van der Waals surface area contributed by atoms with Gasteiger partial charge < -0.3 is 9.84 Å². The lowest BCUT2D eigenvalue weighted by Gasteiger charge is -2.47. The van der Waals surface area contributed by atoms with E-state index in [1.165, 1.54) is 0 Å². The summed E-state index contributed by atoms with van der Waals surface area (Å²) in [4.78, 5) is 13.0. The number of ether oxygens (including phenoxy) is 1. The minimum atomic E-state index is -0.880. The average molecular weight is 249 g/mol. The molecule has 0 atom stereocenters. The van der Waals surface area contributed by atoms with Gasteiger partial charge in [-0.05, 0) is 31.5 Å². The molecule has 0 aromatic heterocycles. The summed E-state index contributed by atoms with van der Waals surface area (Å²) in [5.41, 5.74) is 1.47. The average Bonchev–Trinajstić information content (AvgIpc) is 2.28. The molecule has 1 aromatic rings. The van der Waals surface area contributed by atoms with Gasteiger partial charge in [-0.2, -0.15) is 0 Å². The molecule has 0 spiro atoms. The summed E-state index contributed by atoms with van der Waals surface area (Å²) in [5.74, 6) is -0.880. The summed E-state index contributed by atoms with van der Waals surface area (Å²) in [6, 6.07) is 7.05. The van der Waals surface area contributed by atoms with E-state index >= 15 is 0 Å². The summed E-state index contributed by atoms with van der Waals surface area (Å²) < 4.78 is 5.66. The van der Waals surface area contributed by atoms with Crippen molar-refractivity contribution in [2.45, 2.75) is 26.0 Å². The van der Waals surface area contributed by atoms with Crippen LogP contribution < -0.4 is 0 Å². The van der Waals surface area contributed by atoms with Crippen molar-refractivity contribution in [2.24, 2.45) is 0 Å². The molecule has 1 aromatic carbocycles. The highest BCUT2D eigenvalue weighted by molar-refractivity contribution is 5.87. The maximum atomic E-state index is 10.7. The molecule has 1 saturated heterocycles. The van der Waals surface area contributed by atoms with Crippen LogP contribution in [0.1, 0.15) is 29.8 Å². The van der Waals surface area contributed by atoms with Crippen LogP contribution in [0.4, 0.5) is 0 Å². The first kappa shape index (κ1) is 13.1. The number of carbonyl (C=O) groups is 1. The Morgan fingerprint density at radius 1 is 1.39 bits per heavy atom. The quantitative estimate of drug-likeness (QED) is 0.867. The van der Waals surface area contributed by atoms with E-state index in [0.29, 0.717) is 5.56 Å². The number of rotatable bonds is 5. The molecule has 0 aliphatic carbocycles. The van der Waals surface area contributed by atoms with Gasteiger partial charge in [-0.3, -0.25) is 4.90 Å². The Kier molecular flexibility index (Phi) is 3.68. The van der Waals surface area contributed by atoms with Gasteiger partial charge in [0.1, 0.15) is 0 Å². The van der Waals surface area contributed by atoms with E-state index in [0.717, 1.165) is 31.8 Å². The van der Waals surface area contributed by atoms with Gasteiger partial charge in [-0.15, -0.1) is 0 Å². The van der Waals surface area contributed by atoms with Crippen LogP contribution in [-0.2, 0) is 11.3 Å². The molecule has 0 bridgehead atoms. The lowest BCUT2D eigenvalue weighted by Crippen LogP contribution is -2.60. The number of hydrogen-bond donors (Lipinski definition) is 1. The van der Waals surface area contributed by atoms with E-state index in [9.17, 15) is 4.79 Å². The first-order valence-electron chi connectivity index (χ1n) is 6.21. The van der Waals surface area contributed by atoms with Crippen molar-refractivity contribution in [1.29, 1.82) is 0 Å². The van der Waals surface area contributed by atoms with Crippen molar-refractivity contribution in [2.75, 3.05) is 19.7 Å². The maximum absolute atomic E-state index is 10.7. The van der Waals surface area contributed by atoms with Gasteiger partial charge in [0.05, 0.1) is 11.2 Å². The minimum absolute atomic E-state index is 0.00421. The van der Waals surface area contributed by atoms with Crippen molar-refractivity contribution >= 4 is 5.97 Å². The van der Waals surface area contributed by atoms with Crippen LogP contribution >= 0.6 is 0 Å². The van der Waals surface area contributed by atoms with Gasteiger partial charge >= 0.3 is 5.97 Å². The van der Waals surface area contributed by atoms with Crippen molar-refractivity contribution in [3.05, 3.63) is 35.4 Å². The number of hydrogen-bond acceptors (Lipinski definition) is 3. The van der Waals surface area contributed by atoms with Crippen LogP contribution in [0.15, 0.2) is 24.3 Å². The number of nitrogens with zero attached hydrogens (tertiary/aromatic N) is 1. The molecule has 1 aliphatic rings. The minimum Gasteiger partial charge on any atom is -0.478 e. The fourth-order valence-corrected chi connectivity index (χ4v) is 2.46. The van der Waals surface area contributed by atoms with Crippen LogP contribution in [0, 0.1) is 0 Å². The van der Waals surface area contributed by atoms with Crippen LogP contribution in [0.25, 0.3) is 0 Å². The second kappa shape index (κ2) is 5.08. The zero-order chi connectivity index (χ0) is 13.2. The van der Waals surface area contributed by atoms with E-state index < -0.39 is 5.97 Å². The molecule has 0 amide bonds. The standard InChI is InChI=1S/C14H19NO3/c1-3-18-14(2)9-15(10-14)8-11-4-6-12(7-5-11)13(16)17/h4-7H,3,8-10H2,1-2H3,(H,16,17). The summed E-state index contributed by atoms with van der Waals surface area (Å²) in [6.07, 6.45) is 0. The van der Waals surface area contributed by atoms with Crippen LogP contribution in [0.3, 0.4) is 0 Å². The third kappa shape index (κ3) is 2.89. The van der Waals surface area contributed by atoms with Crippen LogP contribution in [-0.4, -0.2) is 41.3 Å². The number of benzene rings is 1. The van der Waals surface area contributed by atoms with Gasteiger partial charge in [-0.25, -0.2) is 4.79 Å². The third-order valence-electron chi connectivity index (χ3n) is 3.22. The van der Waals surface area contributed by atoms with Crippen LogP contribution in [0.2, 0.25) is 0 Å². The predicted octanol–water partition coefficient (Wildman–Crippen LogP) is 2.00. The monoisotopic (exact) mass is 249 g/mol. The zero-order valence-electron chi connectivity index (χ0n) is 10.8. The van der Waals surface area contributed by atoms with Gasteiger partial charge in [0.25, 0.3) is 0 Å². The Hall–Kier alpha value is -1.39. The second-order valence-corrected chi connectivity index (χ2v) is 5.03. The van der Waals surface area contributed by atoms with E-state index in [1.807, 2.05) is 19.1 Å². The van der Waals surface area contributed by atoms with E-state index in [2.05, 4.69) is 11.8 Å². The molecule has 1 heterocycles. The smallest absolute Gasteiger partial charge is 0.335 e. The Morgan fingerprint density at radius 3 is 2.50 bits per heavy atom. The molecule has 4 heteroatoms. The summed E-state index contributed by atoms with van der Waals surface area (Å²) in [5, 5.41) is 8.82. The molecule has 98 valence electrons. The SMILES string of the molecule is CCOC1(C)CN(Cc2ccc(C(=O)O)cc2)C1. The predicted molar refractivity (Wildman–Crippen MR) is 68.7 cm³/mol. The molecule has 0 saturated carbocycles. The van der Waals surface area contributed by atoms with Crippen molar-refractivity contribution < 1.29 is 14.6 Å². The number of aromatic carboxylic acids is 1. The highest BCUT2D eigenvalue weighted by atomic mass is 16.5. The Morgan fingerprint density at radius 2 is 2.00 bits per heavy atom. The Balaban J connectivity index is 1.87. The fourth-order valence-electron chi connectivity index (χ4n) is 2.46. The summed E-state index contributed by atoms with van der Waals surface area (Å²) in [7, 11) is 0. The third-order valence-corrected chi connectivity index (χ3v) is 3.22. The molecule has 0 radical (unpaired) electrons. The normalized spacial score (nSPS) is 18.3. The topological polar surface area (TPSA) is 49.8 Å². The lowest BCUT2D eigenvalue weighted by atomic mass is 9.95. The van der Waals surface area contributed by atoms with Gasteiger partial charge in [-0.1, -0.05) is 12.1 Å². The molecule has 18 heavy (non-hydrogen) atoms. The molecule has 1 fully saturated rings. The highest BCUT2D eigenvalue weighted by Gasteiger charge is 2.38. The summed E-state index contributed by atoms with van der Waals surface area (Å²) in [6.45, 7) is 7.60. The Bertz CT molecular complexity index is 421. The number of likely N-dealkylation sites (tertiary alicyclic amines) is 1. The zero-order valence-corrected chi connectivity index (χ0v) is 10.8. The van der Waals surface area contributed by atoms with Crippen molar-refractivity contribution in [3.63, 3.8) is 0 Å². The summed E-state index contributed by atoms with van der Waals surface area (Å²) >= 11 is 0. The number of carboxylic acids is 1. The van der Waals surface area contributed by atoms with E-state index in [4.69, 9.17) is 9.84 Å². The van der Waals surface area contributed by atoms with Crippen molar-refractivity contribution in [3.8, 4) is 0 Å². The molecule has 0 unspecified atom stereocenters. The number of carboxylic acid groups (broad SMARTS) is 1. The molecule has 4 nitrogen and oxygen atoms in total.